The molecule has 0 atom stereocenters. The maximum absolute atomic E-state index is 9.85. The Labute approximate surface area is 124 Å². The van der Waals surface area contributed by atoms with Crippen LogP contribution in [-0.2, 0) is 11.8 Å². The lowest BCUT2D eigenvalue weighted by atomic mass is 9.76. The standard InChI is InChI=1S/C17H19ClO2/c1-13-6-8-14(9-7-13)10-17(11-19,12-20)15-4-2-3-5-16(15)18/h2-9,19-20H,10-12H2,1H3. The molecule has 0 spiro atoms. The van der Waals surface area contributed by atoms with Gasteiger partial charge in [0.15, 0.2) is 0 Å². The Balaban J connectivity index is 2.39. The molecule has 0 heterocycles. The van der Waals surface area contributed by atoms with Crippen LogP contribution in [0.1, 0.15) is 16.7 Å². The molecule has 0 saturated heterocycles. The van der Waals surface area contributed by atoms with Crippen molar-refractivity contribution < 1.29 is 10.2 Å². The van der Waals surface area contributed by atoms with Gasteiger partial charge >= 0.3 is 0 Å². The fourth-order valence-corrected chi connectivity index (χ4v) is 2.75. The van der Waals surface area contributed by atoms with Crippen LogP contribution in [0.3, 0.4) is 0 Å². The zero-order chi connectivity index (χ0) is 14.6. The van der Waals surface area contributed by atoms with Crippen LogP contribution in [-0.4, -0.2) is 23.4 Å². The van der Waals surface area contributed by atoms with Gasteiger partial charge in [-0.15, -0.1) is 0 Å². The molecule has 20 heavy (non-hydrogen) atoms. The molecular formula is C17H19ClO2. The maximum Gasteiger partial charge on any atom is 0.0553 e. The second-order valence-electron chi connectivity index (χ2n) is 5.24. The predicted molar refractivity (Wildman–Crippen MR) is 82.2 cm³/mol. The first kappa shape index (κ1) is 15.0. The van der Waals surface area contributed by atoms with Crippen molar-refractivity contribution in [1.29, 1.82) is 0 Å². The number of aliphatic hydroxyl groups excluding tert-OH is 2. The van der Waals surface area contributed by atoms with Gasteiger partial charge in [0.25, 0.3) is 0 Å². The lowest BCUT2D eigenvalue weighted by molar-refractivity contribution is 0.116. The molecule has 2 N–H and O–H groups in total. The number of hydrogen-bond donors (Lipinski definition) is 2. The molecular weight excluding hydrogens is 272 g/mol. The molecule has 2 rings (SSSR count). The summed E-state index contributed by atoms with van der Waals surface area (Å²) in [5.41, 5.74) is 2.28. The number of benzene rings is 2. The first-order chi connectivity index (χ1) is 9.61. The van der Waals surface area contributed by atoms with Gasteiger partial charge in [-0.1, -0.05) is 59.6 Å². The highest BCUT2D eigenvalue weighted by molar-refractivity contribution is 6.31. The number of aliphatic hydroxyl groups is 2. The molecule has 0 fully saturated rings. The van der Waals surface area contributed by atoms with Gasteiger partial charge in [0.2, 0.25) is 0 Å². The highest BCUT2D eigenvalue weighted by Gasteiger charge is 2.33. The van der Waals surface area contributed by atoms with E-state index in [2.05, 4.69) is 0 Å². The molecule has 0 unspecified atom stereocenters. The van der Waals surface area contributed by atoms with Gasteiger partial charge in [-0.05, 0) is 30.5 Å². The van der Waals surface area contributed by atoms with Crippen molar-refractivity contribution in [2.24, 2.45) is 0 Å². The maximum atomic E-state index is 9.85. The van der Waals surface area contributed by atoms with Crippen molar-refractivity contribution in [1.82, 2.24) is 0 Å². The Bertz CT molecular complexity index is 559. The number of hydrogen-bond acceptors (Lipinski definition) is 2. The average molecular weight is 291 g/mol. The second-order valence-corrected chi connectivity index (χ2v) is 5.65. The molecule has 0 bridgehead atoms. The lowest BCUT2D eigenvalue weighted by Crippen LogP contribution is -2.37. The van der Waals surface area contributed by atoms with Gasteiger partial charge in [0, 0.05) is 10.4 Å². The van der Waals surface area contributed by atoms with Crippen LogP contribution < -0.4 is 0 Å². The van der Waals surface area contributed by atoms with Crippen LogP contribution in [0.4, 0.5) is 0 Å². The van der Waals surface area contributed by atoms with E-state index >= 15 is 0 Å². The third-order valence-electron chi connectivity index (χ3n) is 3.71. The van der Waals surface area contributed by atoms with Gasteiger partial charge in [0.1, 0.15) is 0 Å². The van der Waals surface area contributed by atoms with Crippen LogP contribution in [0.15, 0.2) is 48.5 Å². The summed E-state index contributed by atoms with van der Waals surface area (Å²) in [5.74, 6) is 0. The summed E-state index contributed by atoms with van der Waals surface area (Å²) >= 11 is 6.24. The van der Waals surface area contributed by atoms with Gasteiger partial charge in [0.05, 0.1) is 13.2 Å². The molecule has 0 aromatic heterocycles. The first-order valence-electron chi connectivity index (χ1n) is 6.63. The van der Waals surface area contributed by atoms with Crippen molar-refractivity contribution >= 4 is 11.6 Å². The molecule has 0 saturated carbocycles. The predicted octanol–water partition coefficient (Wildman–Crippen LogP) is 3.11. The Morgan fingerprint density at radius 1 is 0.950 bits per heavy atom. The first-order valence-corrected chi connectivity index (χ1v) is 7.01. The highest BCUT2D eigenvalue weighted by Crippen LogP contribution is 2.33. The summed E-state index contributed by atoms with van der Waals surface area (Å²) < 4.78 is 0. The van der Waals surface area contributed by atoms with Crippen LogP contribution >= 0.6 is 11.6 Å². The Kier molecular flexibility index (Phi) is 4.81. The zero-order valence-corrected chi connectivity index (χ0v) is 12.3. The molecule has 0 radical (unpaired) electrons. The molecule has 2 aromatic rings. The summed E-state index contributed by atoms with van der Waals surface area (Å²) in [7, 11) is 0. The number of aryl methyl sites for hydroxylation is 1. The van der Waals surface area contributed by atoms with Crippen LogP contribution in [0.2, 0.25) is 5.02 Å². The van der Waals surface area contributed by atoms with E-state index in [1.165, 1.54) is 5.56 Å². The van der Waals surface area contributed by atoms with E-state index in [1.54, 1.807) is 6.07 Å². The van der Waals surface area contributed by atoms with Gasteiger partial charge in [-0.2, -0.15) is 0 Å². The quantitative estimate of drug-likeness (QED) is 0.888. The summed E-state index contributed by atoms with van der Waals surface area (Å²) in [6, 6.07) is 15.5. The van der Waals surface area contributed by atoms with Gasteiger partial charge < -0.3 is 10.2 Å². The Morgan fingerprint density at radius 3 is 2.10 bits per heavy atom. The largest absolute Gasteiger partial charge is 0.395 e. The lowest BCUT2D eigenvalue weighted by Gasteiger charge is -2.31. The molecule has 3 heteroatoms. The van der Waals surface area contributed by atoms with E-state index < -0.39 is 5.41 Å². The summed E-state index contributed by atoms with van der Waals surface area (Å²) in [5, 5.41) is 20.3. The number of halogens is 1. The summed E-state index contributed by atoms with van der Waals surface area (Å²) in [4.78, 5) is 0. The minimum atomic E-state index is -0.756. The fraction of sp³-hybridized carbons (Fsp3) is 0.294. The van der Waals surface area contributed by atoms with Crippen molar-refractivity contribution in [3.63, 3.8) is 0 Å². The van der Waals surface area contributed by atoms with Crippen molar-refractivity contribution in [2.75, 3.05) is 13.2 Å². The van der Waals surface area contributed by atoms with Crippen LogP contribution in [0, 0.1) is 6.92 Å². The monoisotopic (exact) mass is 290 g/mol. The van der Waals surface area contributed by atoms with Crippen molar-refractivity contribution in [2.45, 2.75) is 18.8 Å². The average Bonchev–Trinajstić information content (AvgIpc) is 2.48. The smallest absolute Gasteiger partial charge is 0.0553 e. The molecule has 0 amide bonds. The van der Waals surface area contributed by atoms with Crippen molar-refractivity contribution in [3.05, 3.63) is 70.2 Å². The van der Waals surface area contributed by atoms with E-state index in [-0.39, 0.29) is 13.2 Å². The zero-order valence-electron chi connectivity index (χ0n) is 11.5. The SMILES string of the molecule is Cc1ccc(CC(CO)(CO)c2ccccc2Cl)cc1. The molecule has 2 aromatic carbocycles. The molecule has 106 valence electrons. The second kappa shape index (κ2) is 6.40. The molecule has 0 aliphatic heterocycles. The summed E-state index contributed by atoms with van der Waals surface area (Å²) in [6.07, 6.45) is 0.546. The minimum Gasteiger partial charge on any atom is -0.395 e. The molecule has 2 nitrogen and oxygen atoms in total. The van der Waals surface area contributed by atoms with E-state index in [4.69, 9.17) is 11.6 Å². The minimum absolute atomic E-state index is 0.152. The van der Waals surface area contributed by atoms with Crippen molar-refractivity contribution in [3.8, 4) is 0 Å². The third kappa shape index (κ3) is 3.04. The van der Waals surface area contributed by atoms with E-state index in [0.29, 0.717) is 11.4 Å². The van der Waals surface area contributed by atoms with E-state index in [9.17, 15) is 10.2 Å². The summed E-state index contributed by atoms with van der Waals surface area (Å²) in [6.45, 7) is 1.73. The van der Waals surface area contributed by atoms with Gasteiger partial charge in [-0.25, -0.2) is 0 Å². The van der Waals surface area contributed by atoms with Crippen LogP contribution in [0.5, 0.6) is 0 Å². The van der Waals surface area contributed by atoms with Crippen LogP contribution in [0.25, 0.3) is 0 Å². The Hall–Kier alpha value is -1.35. The normalized spacial score (nSPS) is 11.6. The topological polar surface area (TPSA) is 40.5 Å². The highest BCUT2D eigenvalue weighted by atomic mass is 35.5. The Morgan fingerprint density at radius 2 is 1.55 bits per heavy atom. The van der Waals surface area contributed by atoms with Gasteiger partial charge in [-0.3, -0.25) is 0 Å². The fourth-order valence-electron chi connectivity index (χ4n) is 2.42. The third-order valence-corrected chi connectivity index (χ3v) is 4.04. The van der Waals surface area contributed by atoms with E-state index in [1.807, 2.05) is 49.4 Å². The molecule has 0 aliphatic rings. The number of rotatable bonds is 5. The molecule has 0 aliphatic carbocycles. The van der Waals surface area contributed by atoms with E-state index in [0.717, 1.165) is 11.1 Å².